The van der Waals surface area contributed by atoms with Gasteiger partial charge in [0, 0.05) is 6.42 Å². The Morgan fingerprint density at radius 2 is 0.818 bits per heavy atom. The molecule has 0 heterocycles. The Kier molecular flexibility index (Phi) is 52.5. The van der Waals surface area contributed by atoms with E-state index in [1.54, 1.807) is 0 Å². The van der Waals surface area contributed by atoms with Gasteiger partial charge in [0.1, 0.15) is 6.10 Å². The summed E-state index contributed by atoms with van der Waals surface area (Å²) in [4.78, 5) is 26.2. The Bertz CT molecular complexity index is 1090. The summed E-state index contributed by atoms with van der Waals surface area (Å²) in [7, 11) is 0. The summed E-state index contributed by atoms with van der Waals surface area (Å²) in [5.41, 5.74) is 0. The van der Waals surface area contributed by atoms with Crippen molar-refractivity contribution in [2.24, 2.45) is 0 Å². The first-order valence-electron chi connectivity index (χ1n) is 29.2. The van der Waals surface area contributed by atoms with Gasteiger partial charge in [-0.05, 0) is 57.8 Å². The van der Waals surface area contributed by atoms with Gasteiger partial charge in [-0.3, -0.25) is 9.59 Å². The number of hydrogen-bond donors (Lipinski definition) is 3. The first-order chi connectivity index (χ1) is 32.5. The molecule has 3 atom stereocenters. The summed E-state index contributed by atoms with van der Waals surface area (Å²) in [5.74, 6) is -0.496. The number of nitrogens with one attached hydrogen (secondary N) is 1. The smallest absolute Gasteiger partial charge is 0.306 e. The molecule has 3 N–H and O–H groups in total. The van der Waals surface area contributed by atoms with Crippen molar-refractivity contribution < 1.29 is 24.5 Å². The highest BCUT2D eigenvalue weighted by Gasteiger charge is 2.24. The molecular formula is C60H113NO5. The van der Waals surface area contributed by atoms with Gasteiger partial charge in [0.15, 0.2) is 0 Å². The van der Waals surface area contributed by atoms with Crippen LogP contribution in [-0.4, -0.2) is 46.9 Å². The Morgan fingerprint density at radius 1 is 0.455 bits per heavy atom. The van der Waals surface area contributed by atoms with Crippen LogP contribution >= 0.6 is 0 Å². The van der Waals surface area contributed by atoms with Crippen LogP contribution < -0.4 is 5.32 Å². The van der Waals surface area contributed by atoms with Crippen molar-refractivity contribution in [1.82, 2.24) is 5.32 Å². The van der Waals surface area contributed by atoms with E-state index in [-0.39, 0.29) is 24.9 Å². The fourth-order valence-corrected chi connectivity index (χ4v) is 9.09. The lowest BCUT2D eigenvalue weighted by molar-refractivity contribution is -0.151. The van der Waals surface area contributed by atoms with Gasteiger partial charge in [-0.25, -0.2) is 0 Å². The SMILES string of the molecule is CC/C=C/C/C=C/C/C=C/CCCCC(CC(=O)NC(CO)C(O)CCCCCCCCCCCCCCCCCC)OC(=O)CCCCCCCCCCCCCCCCCCCCC. The topological polar surface area (TPSA) is 95.9 Å². The molecule has 0 aliphatic rings. The Labute approximate surface area is 411 Å². The molecule has 0 radical (unpaired) electrons. The van der Waals surface area contributed by atoms with Crippen molar-refractivity contribution in [3.05, 3.63) is 36.5 Å². The van der Waals surface area contributed by atoms with E-state index in [0.29, 0.717) is 19.3 Å². The maximum atomic E-state index is 13.2. The Morgan fingerprint density at radius 3 is 1.23 bits per heavy atom. The molecule has 0 aromatic carbocycles. The van der Waals surface area contributed by atoms with Crippen molar-refractivity contribution in [1.29, 1.82) is 0 Å². The number of esters is 1. The van der Waals surface area contributed by atoms with Crippen LogP contribution in [0.25, 0.3) is 0 Å². The van der Waals surface area contributed by atoms with Crippen LogP contribution in [-0.2, 0) is 14.3 Å². The van der Waals surface area contributed by atoms with Crippen molar-refractivity contribution in [2.75, 3.05) is 6.61 Å². The minimum atomic E-state index is -0.796. The number of carbonyl (C=O) groups excluding carboxylic acids is 2. The van der Waals surface area contributed by atoms with Crippen LogP contribution in [0.3, 0.4) is 0 Å². The van der Waals surface area contributed by atoms with Crippen molar-refractivity contribution in [3.63, 3.8) is 0 Å². The molecule has 6 nitrogen and oxygen atoms in total. The fraction of sp³-hybridized carbons (Fsp3) is 0.867. The lowest BCUT2D eigenvalue weighted by atomic mass is 10.0. The highest BCUT2D eigenvalue weighted by molar-refractivity contribution is 5.77. The third-order valence-corrected chi connectivity index (χ3v) is 13.5. The minimum absolute atomic E-state index is 0.0559. The number of rotatable bonds is 53. The predicted molar refractivity (Wildman–Crippen MR) is 287 cm³/mol. The van der Waals surface area contributed by atoms with Gasteiger partial charge < -0.3 is 20.3 Å². The number of amides is 1. The molecule has 0 saturated carbocycles. The zero-order valence-corrected chi connectivity index (χ0v) is 44.3. The summed E-state index contributed by atoms with van der Waals surface area (Å²) in [6.45, 7) is 6.40. The fourth-order valence-electron chi connectivity index (χ4n) is 9.09. The maximum absolute atomic E-state index is 13.2. The van der Waals surface area contributed by atoms with Gasteiger partial charge in [0.2, 0.25) is 5.91 Å². The van der Waals surface area contributed by atoms with Gasteiger partial charge in [-0.1, -0.05) is 276 Å². The second-order valence-electron chi connectivity index (χ2n) is 20.0. The van der Waals surface area contributed by atoms with Gasteiger partial charge in [0.25, 0.3) is 0 Å². The Hall–Kier alpha value is -1.92. The zero-order chi connectivity index (χ0) is 48.1. The number of unbranched alkanes of at least 4 members (excludes halogenated alkanes) is 35. The highest BCUT2D eigenvalue weighted by atomic mass is 16.5. The summed E-state index contributed by atoms with van der Waals surface area (Å²) < 4.78 is 5.94. The number of aliphatic hydroxyl groups excluding tert-OH is 2. The number of hydrogen-bond acceptors (Lipinski definition) is 5. The molecule has 0 bridgehead atoms. The zero-order valence-electron chi connectivity index (χ0n) is 44.3. The highest BCUT2D eigenvalue weighted by Crippen LogP contribution is 2.19. The van der Waals surface area contributed by atoms with E-state index in [2.05, 4.69) is 62.5 Å². The molecule has 0 aromatic rings. The Balaban J connectivity index is 4.46. The predicted octanol–water partition coefficient (Wildman–Crippen LogP) is 18.0. The number of carbonyl (C=O) groups is 2. The molecule has 0 aliphatic heterocycles. The van der Waals surface area contributed by atoms with Gasteiger partial charge >= 0.3 is 5.97 Å². The average Bonchev–Trinajstić information content (AvgIpc) is 3.31. The standard InChI is InChI=1S/C60H113NO5/c1-4-7-10-13-16-19-22-25-27-29-30-31-33-35-38-41-44-47-50-53-60(65)66-56(51-48-45-42-39-36-24-21-18-15-12-9-6-3)54-59(64)61-57(55-62)58(63)52-49-46-43-40-37-34-32-28-26-23-20-17-14-11-8-5-2/h9,12,18,21,36,39,56-58,62-63H,4-8,10-11,13-17,19-20,22-35,37-38,40-55H2,1-3H3,(H,61,64)/b12-9+,21-18+,39-36+. The quantitative estimate of drug-likeness (QED) is 0.0321. The molecule has 0 spiro atoms. The van der Waals surface area contributed by atoms with E-state index in [0.717, 1.165) is 77.0 Å². The molecule has 66 heavy (non-hydrogen) atoms. The molecule has 0 aliphatic carbocycles. The monoisotopic (exact) mass is 928 g/mol. The number of allylic oxidation sites excluding steroid dienone is 6. The lowest BCUT2D eigenvalue weighted by Gasteiger charge is -2.24. The average molecular weight is 929 g/mol. The normalized spacial score (nSPS) is 13.3. The van der Waals surface area contributed by atoms with Crippen LogP contribution in [0.15, 0.2) is 36.5 Å². The summed E-state index contributed by atoms with van der Waals surface area (Å²) >= 11 is 0. The van der Waals surface area contributed by atoms with E-state index < -0.39 is 18.2 Å². The summed E-state index contributed by atoms with van der Waals surface area (Å²) in [6, 6.07) is -0.711. The molecule has 0 aromatic heterocycles. The number of ether oxygens (including phenoxy) is 1. The first kappa shape index (κ1) is 64.1. The van der Waals surface area contributed by atoms with E-state index in [1.807, 2.05) is 0 Å². The van der Waals surface area contributed by atoms with Crippen LogP contribution in [0.4, 0.5) is 0 Å². The maximum Gasteiger partial charge on any atom is 0.306 e. The third-order valence-electron chi connectivity index (χ3n) is 13.5. The molecule has 0 saturated heterocycles. The minimum Gasteiger partial charge on any atom is -0.462 e. The summed E-state index contributed by atoms with van der Waals surface area (Å²) in [6.07, 6.45) is 65.1. The second kappa shape index (κ2) is 54.0. The van der Waals surface area contributed by atoms with Crippen molar-refractivity contribution in [3.8, 4) is 0 Å². The van der Waals surface area contributed by atoms with Crippen LogP contribution in [0.2, 0.25) is 0 Å². The molecular weight excluding hydrogens is 815 g/mol. The molecule has 3 unspecified atom stereocenters. The van der Waals surface area contributed by atoms with Gasteiger partial charge in [-0.15, -0.1) is 0 Å². The van der Waals surface area contributed by atoms with Crippen LogP contribution in [0, 0.1) is 0 Å². The van der Waals surface area contributed by atoms with Gasteiger partial charge in [0.05, 0.1) is 25.2 Å². The molecule has 0 rings (SSSR count). The van der Waals surface area contributed by atoms with Crippen LogP contribution in [0.5, 0.6) is 0 Å². The largest absolute Gasteiger partial charge is 0.462 e. The second-order valence-corrected chi connectivity index (χ2v) is 20.0. The van der Waals surface area contributed by atoms with E-state index in [9.17, 15) is 19.8 Å². The van der Waals surface area contributed by atoms with E-state index in [1.165, 1.54) is 186 Å². The van der Waals surface area contributed by atoms with Crippen LogP contribution in [0.1, 0.15) is 310 Å². The first-order valence-corrected chi connectivity index (χ1v) is 29.2. The van der Waals surface area contributed by atoms with E-state index in [4.69, 9.17) is 4.74 Å². The molecule has 6 heteroatoms. The third kappa shape index (κ3) is 48.5. The van der Waals surface area contributed by atoms with Gasteiger partial charge in [-0.2, -0.15) is 0 Å². The van der Waals surface area contributed by atoms with Crippen molar-refractivity contribution >= 4 is 11.9 Å². The molecule has 0 fully saturated rings. The summed E-state index contributed by atoms with van der Waals surface area (Å²) in [5, 5.41) is 23.9. The van der Waals surface area contributed by atoms with E-state index >= 15 is 0 Å². The molecule has 388 valence electrons. The number of aliphatic hydroxyl groups is 2. The lowest BCUT2D eigenvalue weighted by Crippen LogP contribution is -2.46. The van der Waals surface area contributed by atoms with Crippen molar-refractivity contribution in [2.45, 2.75) is 328 Å². The molecule has 1 amide bonds.